The predicted octanol–water partition coefficient (Wildman–Crippen LogP) is 4.87. The number of carbonyl (C=O) groups is 1. The Hall–Kier alpha value is -2.00. The first-order valence-electron chi connectivity index (χ1n) is 7.05. The van der Waals surface area contributed by atoms with E-state index in [0.29, 0.717) is 22.9 Å². The number of ether oxygens (including phenoxy) is 2. The fraction of sp³-hybridized carbons (Fsp3) is 0.278. The van der Waals surface area contributed by atoms with E-state index in [4.69, 9.17) is 21.1 Å². The summed E-state index contributed by atoms with van der Waals surface area (Å²) in [5.74, 6) is -0.00201. The molecule has 0 saturated heterocycles. The summed E-state index contributed by atoms with van der Waals surface area (Å²) in [6.45, 7) is 5.83. The van der Waals surface area contributed by atoms with Gasteiger partial charge < -0.3 is 9.47 Å². The molecular formula is C18H19ClO3. The monoisotopic (exact) mass is 318 g/mol. The van der Waals surface area contributed by atoms with Gasteiger partial charge in [0.25, 0.3) is 0 Å². The standard InChI is InChI=1S/C18H19ClO3/c1-18(2,3)22-17(20)15-10-9-14(19)11-16(15)21-12-13-7-5-4-6-8-13/h4-11H,12H2,1-3H3. The van der Waals surface area contributed by atoms with Crippen LogP contribution in [-0.2, 0) is 11.3 Å². The zero-order valence-electron chi connectivity index (χ0n) is 12.9. The number of benzene rings is 2. The second kappa shape index (κ2) is 6.84. The Labute approximate surface area is 135 Å². The third kappa shape index (κ3) is 4.78. The van der Waals surface area contributed by atoms with Gasteiger partial charge in [-0.15, -0.1) is 0 Å². The minimum Gasteiger partial charge on any atom is -0.488 e. The lowest BCUT2D eigenvalue weighted by Gasteiger charge is -2.20. The number of rotatable bonds is 4. The van der Waals surface area contributed by atoms with E-state index in [0.717, 1.165) is 5.56 Å². The molecule has 0 N–H and O–H groups in total. The Morgan fingerprint density at radius 3 is 2.41 bits per heavy atom. The van der Waals surface area contributed by atoms with E-state index in [1.165, 1.54) is 0 Å². The second-order valence-electron chi connectivity index (χ2n) is 5.92. The Bertz CT molecular complexity index is 645. The number of hydrogen-bond acceptors (Lipinski definition) is 3. The number of esters is 1. The van der Waals surface area contributed by atoms with E-state index < -0.39 is 11.6 Å². The molecule has 2 rings (SSSR count). The number of hydrogen-bond donors (Lipinski definition) is 0. The smallest absolute Gasteiger partial charge is 0.342 e. The van der Waals surface area contributed by atoms with Gasteiger partial charge in [0.2, 0.25) is 0 Å². The highest BCUT2D eigenvalue weighted by molar-refractivity contribution is 6.30. The zero-order valence-corrected chi connectivity index (χ0v) is 13.7. The molecule has 0 unspecified atom stereocenters. The normalized spacial score (nSPS) is 11.1. The first kappa shape index (κ1) is 16.4. The third-order valence-electron chi connectivity index (χ3n) is 2.80. The topological polar surface area (TPSA) is 35.5 Å². The van der Waals surface area contributed by atoms with Gasteiger partial charge in [-0.1, -0.05) is 41.9 Å². The van der Waals surface area contributed by atoms with Crippen LogP contribution in [0.4, 0.5) is 0 Å². The Balaban J connectivity index is 2.19. The maximum absolute atomic E-state index is 12.3. The van der Waals surface area contributed by atoms with Gasteiger partial charge in [-0.2, -0.15) is 0 Å². The number of halogens is 1. The molecular weight excluding hydrogens is 300 g/mol. The van der Waals surface area contributed by atoms with Gasteiger partial charge in [0.05, 0.1) is 0 Å². The molecule has 0 aliphatic heterocycles. The molecule has 2 aromatic rings. The summed E-state index contributed by atoms with van der Waals surface area (Å²) in [6, 6.07) is 14.6. The molecule has 3 nitrogen and oxygen atoms in total. The van der Waals surface area contributed by atoms with Crippen molar-refractivity contribution in [3.8, 4) is 5.75 Å². The summed E-state index contributed by atoms with van der Waals surface area (Å²) in [6.07, 6.45) is 0. The van der Waals surface area contributed by atoms with Crippen molar-refractivity contribution in [2.45, 2.75) is 33.0 Å². The van der Waals surface area contributed by atoms with E-state index >= 15 is 0 Å². The average molecular weight is 319 g/mol. The van der Waals surface area contributed by atoms with E-state index in [1.54, 1.807) is 18.2 Å². The van der Waals surface area contributed by atoms with Crippen molar-refractivity contribution in [2.24, 2.45) is 0 Å². The summed E-state index contributed by atoms with van der Waals surface area (Å²) < 4.78 is 11.1. The molecule has 0 aliphatic rings. The van der Waals surface area contributed by atoms with Gasteiger partial charge in [-0.05, 0) is 44.5 Å². The first-order chi connectivity index (χ1) is 10.3. The minimum atomic E-state index is -0.562. The van der Waals surface area contributed by atoms with Gasteiger partial charge in [0.1, 0.15) is 23.5 Å². The minimum absolute atomic E-state index is 0.358. The summed E-state index contributed by atoms with van der Waals surface area (Å²) in [5, 5.41) is 0.510. The van der Waals surface area contributed by atoms with Gasteiger partial charge >= 0.3 is 5.97 Å². The Morgan fingerprint density at radius 1 is 1.09 bits per heavy atom. The maximum Gasteiger partial charge on any atom is 0.342 e. The van der Waals surface area contributed by atoms with E-state index in [2.05, 4.69) is 0 Å². The van der Waals surface area contributed by atoms with Gasteiger partial charge in [0.15, 0.2) is 0 Å². The predicted molar refractivity (Wildman–Crippen MR) is 87.4 cm³/mol. The van der Waals surface area contributed by atoms with Crippen molar-refractivity contribution in [3.05, 3.63) is 64.7 Å². The van der Waals surface area contributed by atoms with Crippen LogP contribution in [0.15, 0.2) is 48.5 Å². The average Bonchev–Trinajstić information content (AvgIpc) is 2.44. The fourth-order valence-electron chi connectivity index (χ4n) is 1.85. The quantitative estimate of drug-likeness (QED) is 0.754. The van der Waals surface area contributed by atoms with E-state index in [9.17, 15) is 4.79 Å². The molecule has 2 aromatic carbocycles. The lowest BCUT2D eigenvalue weighted by atomic mass is 10.1. The van der Waals surface area contributed by atoms with Crippen molar-refractivity contribution >= 4 is 17.6 Å². The third-order valence-corrected chi connectivity index (χ3v) is 3.03. The van der Waals surface area contributed by atoms with Crippen molar-refractivity contribution in [1.29, 1.82) is 0 Å². The first-order valence-corrected chi connectivity index (χ1v) is 7.42. The molecule has 0 saturated carbocycles. The molecule has 0 radical (unpaired) electrons. The molecule has 0 amide bonds. The molecule has 0 aliphatic carbocycles. The second-order valence-corrected chi connectivity index (χ2v) is 6.35. The van der Waals surface area contributed by atoms with Gasteiger partial charge in [-0.25, -0.2) is 4.79 Å². The molecule has 116 valence electrons. The molecule has 0 spiro atoms. The molecule has 22 heavy (non-hydrogen) atoms. The Kier molecular flexibility index (Phi) is 5.09. The highest BCUT2D eigenvalue weighted by Crippen LogP contribution is 2.26. The molecule has 0 fully saturated rings. The van der Waals surface area contributed by atoms with Crippen LogP contribution in [-0.4, -0.2) is 11.6 Å². The lowest BCUT2D eigenvalue weighted by molar-refractivity contribution is 0.00655. The lowest BCUT2D eigenvalue weighted by Crippen LogP contribution is -2.24. The maximum atomic E-state index is 12.3. The van der Waals surface area contributed by atoms with Crippen LogP contribution < -0.4 is 4.74 Å². The SMILES string of the molecule is CC(C)(C)OC(=O)c1ccc(Cl)cc1OCc1ccccc1. The van der Waals surface area contributed by atoms with Crippen LogP contribution in [0.5, 0.6) is 5.75 Å². The number of carbonyl (C=O) groups excluding carboxylic acids is 1. The zero-order chi connectivity index (χ0) is 16.2. The molecule has 0 aromatic heterocycles. The van der Waals surface area contributed by atoms with Crippen molar-refractivity contribution in [2.75, 3.05) is 0 Å². The van der Waals surface area contributed by atoms with Crippen molar-refractivity contribution in [3.63, 3.8) is 0 Å². The highest BCUT2D eigenvalue weighted by Gasteiger charge is 2.21. The molecule has 4 heteroatoms. The highest BCUT2D eigenvalue weighted by atomic mass is 35.5. The summed E-state index contributed by atoms with van der Waals surface area (Å²) in [7, 11) is 0. The summed E-state index contributed by atoms with van der Waals surface area (Å²) in [5.41, 5.74) is 0.820. The van der Waals surface area contributed by atoms with Gasteiger partial charge in [-0.3, -0.25) is 0 Å². The van der Waals surface area contributed by atoms with Crippen molar-refractivity contribution < 1.29 is 14.3 Å². The van der Waals surface area contributed by atoms with Crippen LogP contribution in [0.2, 0.25) is 5.02 Å². The summed E-state index contributed by atoms with van der Waals surface area (Å²) >= 11 is 6.00. The van der Waals surface area contributed by atoms with Crippen molar-refractivity contribution in [1.82, 2.24) is 0 Å². The molecule has 0 heterocycles. The van der Waals surface area contributed by atoms with Gasteiger partial charge in [0, 0.05) is 5.02 Å². The van der Waals surface area contributed by atoms with Crippen LogP contribution >= 0.6 is 11.6 Å². The van der Waals surface area contributed by atoms with E-state index in [1.807, 2.05) is 51.1 Å². The van der Waals surface area contributed by atoms with Crippen LogP contribution in [0, 0.1) is 0 Å². The fourth-order valence-corrected chi connectivity index (χ4v) is 2.01. The molecule has 0 atom stereocenters. The van der Waals surface area contributed by atoms with E-state index in [-0.39, 0.29) is 0 Å². The summed E-state index contributed by atoms with van der Waals surface area (Å²) in [4.78, 5) is 12.3. The van der Waals surface area contributed by atoms with Crippen LogP contribution in [0.1, 0.15) is 36.7 Å². The van der Waals surface area contributed by atoms with Crippen LogP contribution in [0.3, 0.4) is 0 Å². The largest absolute Gasteiger partial charge is 0.488 e. The Morgan fingerprint density at radius 2 is 1.77 bits per heavy atom. The van der Waals surface area contributed by atoms with Crippen LogP contribution in [0.25, 0.3) is 0 Å². The molecule has 0 bridgehead atoms.